The van der Waals surface area contributed by atoms with Crippen LogP contribution in [0.3, 0.4) is 0 Å². The Morgan fingerprint density at radius 1 is 1.24 bits per heavy atom. The molecule has 1 aliphatic rings. The van der Waals surface area contributed by atoms with E-state index < -0.39 is 0 Å². The predicted molar refractivity (Wildman–Crippen MR) is 90.7 cm³/mol. The molecule has 0 aliphatic heterocycles. The Bertz CT molecular complexity index is 575. The van der Waals surface area contributed by atoms with Crippen LogP contribution in [0.1, 0.15) is 53.8 Å². The van der Waals surface area contributed by atoms with Gasteiger partial charge in [0.25, 0.3) is 0 Å². The van der Waals surface area contributed by atoms with Gasteiger partial charge in [0, 0.05) is 23.5 Å². The Morgan fingerprint density at radius 2 is 2.00 bits per heavy atom. The van der Waals surface area contributed by atoms with E-state index in [9.17, 15) is 0 Å². The van der Waals surface area contributed by atoms with E-state index in [0.717, 1.165) is 5.92 Å². The van der Waals surface area contributed by atoms with Gasteiger partial charge in [0.05, 0.1) is 0 Å². The van der Waals surface area contributed by atoms with Gasteiger partial charge in [0.1, 0.15) is 0 Å². The Morgan fingerprint density at radius 3 is 2.62 bits per heavy atom. The molecule has 1 aromatic heterocycles. The highest BCUT2D eigenvalue weighted by molar-refractivity contribution is 7.10. The van der Waals surface area contributed by atoms with Crippen molar-refractivity contribution in [2.45, 2.75) is 37.8 Å². The van der Waals surface area contributed by atoms with Crippen molar-refractivity contribution < 1.29 is 0 Å². The van der Waals surface area contributed by atoms with E-state index in [1.165, 1.54) is 28.8 Å². The van der Waals surface area contributed by atoms with Crippen LogP contribution in [0.2, 0.25) is 0 Å². The first-order valence-electron chi connectivity index (χ1n) is 7.76. The molecule has 1 fully saturated rings. The summed E-state index contributed by atoms with van der Waals surface area (Å²) in [6.45, 7) is 2.93. The van der Waals surface area contributed by atoms with Crippen molar-refractivity contribution in [2.75, 3.05) is 13.6 Å². The predicted octanol–water partition coefficient (Wildman–Crippen LogP) is 4.32. The minimum Gasteiger partial charge on any atom is -0.329 e. The molecule has 112 valence electrons. The van der Waals surface area contributed by atoms with E-state index in [4.69, 9.17) is 5.73 Å². The molecule has 1 aromatic carbocycles. The molecule has 0 bridgehead atoms. The topological polar surface area (TPSA) is 29.3 Å². The van der Waals surface area contributed by atoms with Gasteiger partial charge in [-0.1, -0.05) is 30.3 Å². The number of likely N-dealkylation sites (N-methyl/N-ethyl adjacent to an activating group) is 1. The van der Waals surface area contributed by atoms with Crippen molar-refractivity contribution in [1.29, 1.82) is 0 Å². The molecule has 2 atom stereocenters. The van der Waals surface area contributed by atoms with Crippen LogP contribution in [-0.2, 0) is 0 Å². The van der Waals surface area contributed by atoms with Gasteiger partial charge in [-0.3, -0.25) is 4.90 Å². The third-order valence-electron chi connectivity index (χ3n) is 4.65. The van der Waals surface area contributed by atoms with Gasteiger partial charge in [-0.15, -0.1) is 11.3 Å². The molecule has 2 aromatic rings. The van der Waals surface area contributed by atoms with E-state index in [1.54, 1.807) is 0 Å². The number of hydrogen-bond acceptors (Lipinski definition) is 3. The van der Waals surface area contributed by atoms with Gasteiger partial charge in [0.15, 0.2) is 0 Å². The zero-order valence-corrected chi connectivity index (χ0v) is 13.6. The Balaban J connectivity index is 1.87. The highest BCUT2D eigenvalue weighted by atomic mass is 32.1. The molecule has 1 saturated carbocycles. The maximum absolute atomic E-state index is 6.15. The Hall–Kier alpha value is -1.16. The number of benzene rings is 1. The average Bonchev–Trinajstić information content (AvgIpc) is 3.22. The molecule has 0 saturated heterocycles. The zero-order valence-electron chi connectivity index (χ0n) is 12.8. The second kappa shape index (κ2) is 6.30. The minimum atomic E-state index is 0.291. The second-order valence-electron chi connectivity index (χ2n) is 6.01. The quantitative estimate of drug-likeness (QED) is 0.861. The molecular formula is C18H24N2S. The highest BCUT2D eigenvalue weighted by Gasteiger charge is 2.30. The van der Waals surface area contributed by atoms with Gasteiger partial charge in [-0.05, 0) is 55.3 Å². The van der Waals surface area contributed by atoms with Crippen molar-refractivity contribution in [2.24, 2.45) is 5.73 Å². The van der Waals surface area contributed by atoms with Crippen molar-refractivity contribution in [3.63, 3.8) is 0 Å². The number of thiophene rings is 1. The number of hydrogen-bond donors (Lipinski definition) is 1. The second-order valence-corrected chi connectivity index (χ2v) is 6.99. The van der Waals surface area contributed by atoms with Crippen LogP contribution in [0.4, 0.5) is 0 Å². The molecule has 1 heterocycles. The largest absolute Gasteiger partial charge is 0.329 e. The van der Waals surface area contributed by atoms with E-state index in [1.807, 2.05) is 11.3 Å². The van der Waals surface area contributed by atoms with Crippen LogP contribution in [-0.4, -0.2) is 18.5 Å². The summed E-state index contributed by atoms with van der Waals surface area (Å²) in [6, 6.07) is 13.9. The summed E-state index contributed by atoms with van der Waals surface area (Å²) in [5.41, 5.74) is 9.08. The van der Waals surface area contributed by atoms with Crippen LogP contribution < -0.4 is 5.73 Å². The first-order valence-corrected chi connectivity index (χ1v) is 8.64. The molecule has 0 radical (unpaired) electrons. The molecule has 2 unspecified atom stereocenters. The lowest BCUT2D eigenvalue weighted by atomic mass is 9.95. The fourth-order valence-electron chi connectivity index (χ4n) is 3.09. The zero-order chi connectivity index (χ0) is 14.8. The SMILES string of the molecule is CC(c1cccs1)N(C)C(CN)c1ccccc1C1CC1. The van der Waals surface area contributed by atoms with E-state index in [2.05, 4.69) is 60.6 Å². The van der Waals surface area contributed by atoms with Gasteiger partial charge in [0.2, 0.25) is 0 Å². The van der Waals surface area contributed by atoms with Gasteiger partial charge >= 0.3 is 0 Å². The molecule has 2 N–H and O–H groups in total. The third kappa shape index (κ3) is 3.05. The summed E-state index contributed by atoms with van der Waals surface area (Å²) < 4.78 is 0. The number of nitrogens with two attached hydrogens (primary N) is 1. The summed E-state index contributed by atoms with van der Waals surface area (Å²) in [5, 5.41) is 2.15. The van der Waals surface area contributed by atoms with Crippen molar-refractivity contribution in [3.8, 4) is 0 Å². The normalized spacial score (nSPS) is 17.9. The fourth-order valence-corrected chi connectivity index (χ4v) is 3.93. The van der Waals surface area contributed by atoms with Crippen LogP contribution >= 0.6 is 11.3 Å². The van der Waals surface area contributed by atoms with Crippen molar-refractivity contribution in [3.05, 3.63) is 57.8 Å². The lowest BCUT2D eigenvalue weighted by Gasteiger charge is -2.33. The Labute approximate surface area is 131 Å². The van der Waals surface area contributed by atoms with E-state index in [0.29, 0.717) is 18.6 Å². The molecule has 3 rings (SSSR count). The van der Waals surface area contributed by atoms with Crippen LogP contribution in [0, 0.1) is 0 Å². The highest BCUT2D eigenvalue weighted by Crippen LogP contribution is 2.44. The molecular weight excluding hydrogens is 276 g/mol. The first kappa shape index (κ1) is 14.8. The fraction of sp³-hybridized carbons (Fsp3) is 0.444. The molecule has 2 nitrogen and oxygen atoms in total. The van der Waals surface area contributed by atoms with Crippen LogP contribution in [0.15, 0.2) is 41.8 Å². The van der Waals surface area contributed by atoms with Crippen molar-refractivity contribution >= 4 is 11.3 Å². The Kier molecular flexibility index (Phi) is 4.43. The molecule has 1 aliphatic carbocycles. The maximum Gasteiger partial charge on any atom is 0.0476 e. The summed E-state index contributed by atoms with van der Waals surface area (Å²) in [5.74, 6) is 0.765. The summed E-state index contributed by atoms with van der Waals surface area (Å²) in [6.07, 6.45) is 2.66. The van der Waals surface area contributed by atoms with E-state index in [-0.39, 0.29) is 0 Å². The molecule has 3 heteroatoms. The third-order valence-corrected chi connectivity index (χ3v) is 5.70. The molecule has 21 heavy (non-hydrogen) atoms. The summed E-state index contributed by atoms with van der Waals surface area (Å²) in [7, 11) is 2.20. The monoisotopic (exact) mass is 300 g/mol. The van der Waals surface area contributed by atoms with Gasteiger partial charge in [-0.2, -0.15) is 0 Å². The smallest absolute Gasteiger partial charge is 0.0476 e. The number of rotatable bonds is 6. The summed E-state index contributed by atoms with van der Waals surface area (Å²) >= 11 is 1.82. The van der Waals surface area contributed by atoms with E-state index >= 15 is 0 Å². The first-order chi connectivity index (χ1) is 10.2. The molecule has 0 spiro atoms. The lowest BCUT2D eigenvalue weighted by molar-refractivity contribution is 0.192. The average molecular weight is 300 g/mol. The minimum absolute atomic E-state index is 0.291. The maximum atomic E-state index is 6.15. The molecule has 0 amide bonds. The standard InChI is InChI=1S/C18H24N2S/c1-13(18-8-5-11-21-18)20(2)17(12-19)16-7-4-3-6-15(16)14-9-10-14/h3-8,11,13-14,17H,9-10,12,19H2,1-2H3. The lowest BCUT2D eigenvalue weighted by Crippen LogP contribution is -2.33. The van der Waals surface area contributed by atoms with Gasteiger partial charge < -0.3 is 5.73 Å². The summed E-state index contributed by atoms with van der Waals surface area (Å²) in [4.78, 5) is 3.83. The van der Waals surface area contributed by atoms with Gasteiger partial charge in [-0.25, -0.2) is 0 Å². The van der Waals surface area contributed by atoms with Crippen molar-refractivity contribution in [1.82, 2.24) is 4.90 Å². The van der Waals surface area contributed by atoms with Crippen LogP contribution in [0.25, 0.3) is 0 Å². The number of nitrogens with zero attached hydrogens (tertiary/aromatic N) is 1. The van der Waals surface area contributed by atoms with Crippen LogP contribution in [0.5, 0.6) is 0 Å².